The smallest absolute Gasteiger partial charge is 0.408 e. The highest BCUT2D eigenvalue weighted by Gasteiger charge is 2.19. The van der Waals surface area contributed by atoms with E-state index in [9.17, 15) is 4.79 Å². The molecule has 0 spiro atoms. The molecule has 2 heterocycles. The molecule has 0 bridgehead atoms. The van der Waals surface area contributed by atoms with E-state index in [4.69, 9.17) is 4.42 Å². The number of benzene rings is 1. The monoisotopic (exact) mass is 304 g/mol. The van der Waals surface area contributed by atoms with Gasteiger partial charge in [-0.1, -0.05) is 20.8 Å². The molecule has 0 aliphatic rings. The highest BCUT2D eigenvalue weighted by molar-refractivity contribution is 7.09. The Hall–Kier alpha value is -2.15. The molecule has 0 fully saturated rings. The number of aryl methyl sites for hydroxylation is 1. The maximum atomic E-state index is 11.5. The first kappa shape index (κ1) is 13.8. The van der Waals surface area contributed by atoms with E-state index in [-0.39, 0.29) is 11.2 Å². The SMILES string of the molecule is Cn1c(=O)oc2cc(Nc3nc(C(C)(C)C)ns3)ccc21. The van der Waals surface area contributed by atoms with Crippen LogP contribution in [0.4, 0.5) is 10.8 Å². The van der Waals surface area contributed by atoms with Crippen molar-refractivity contribution in [2.75, 3.05) is 5.32 Å². The van der Waals surface area contributed by atoms with Gasteiger partial charge in [0.15, 0.2) is 5.58 Å². The summed E-state index contributed by atoms with van der Waals surface area (Å²) in [5.74, 6) is 0.440. The highest BCUT2D eigenvalue weighted by Crippen LogP contribution is 2.26. The third-order valence-corrected chi connectivity index (χ3v) is 3.77. The number of rotatable bonds is 2. The Morgan fingerprint density at radius 2 is 2.10 bits per heavy atom. The molecule has 1 N–H and O–H groups in total. The van der Waals surface area contributed by atoms with Gasteiger partial charge < -0.3 is 9.73 Å². The molecular weight excluding hydrogens is 288 g/mol. The number of anilines is 2. The van der Waals surface area contributed by atoms with Gasteiger partial charge in [0, 0.05) is 35.7 Å². The predicted molar refractivity (Wildman–Crippen MR) is 83.3 cm³/mol. The molecule has 110 valence electrons. The van der Waals surface area contributed by atoms with Crippen molar-refractivity contribution in [1.29, 1.82) is 0 Å². The minimum absolute atomic E-state index is 0.0768. The lowest BCUT2D eigenvalue weighted by Crippen LogP contribution is -2.13. The molecule has 0 radical (unpaired) electrons. The van der Waals surface area contributed by atoms with Gasteiger partial charge >= 0.3 is 5.76 Å². The van der Waals surface area contributed by atoms with Gasteiger partial charge in [-0.05, 0) is 12.1 Å². The first-order valence-corrected chi connectivity index (χ1v) is 7.33. The fraction of sp³-hybridized carbons (Fsp3) is 0.357. The van der Waals surface area contributed by atoms with Crippen molar-refractivity contribution in [1.82, 2.24) is 13.9 Å². The zero-order valence-corrected chi connectivity index (χ0v) is 13.1. The van der Waals surface area contributed by atoms with Gasteiger partial charge in [-0.15, -0.1) is 0 Å². The maximum Gasteiger partial charge on any atom is 0.419 e. The topological polar surface area (TPSA) is 73.0 Å². The van der Waals surface area contributed by atoms with Crippen LogP contribution in [0, 0.1) is 0 Å². The van der Waals surface area contributed by atoms with E-state index in [0.29, 0.717) is 5.58 Å². The summed E-state index contributed by atoms with van der Waals surface area (Å²) in [5.41, 5.74) is 2.05. The van der Waals surface area contributed by atoms with E-state index in [0.717, 1.165) is 22.2 Å². The number of fused-ring (bicyclic) bond motifs is 1. The fourth-order valence-corrected chi connectivity index (χ4v) is 2.69. The minimum Gasteiger partial charge on any atom is -0.408 e. The summed E-state index contributed by atoms with van der Waals surface area (Å²) in [6.07, 6.45) is 0. The molecule has 7 heteroatoms. The quantitative estimate of drug-likeness (QED) is 0.788. The molecule has 0 unspecified atom stereocenters. The molecule has 1 aromatic carbocycles. The molecule has 3 aromatic rings. The van der Waals surface area contributed by atoms with Crippen LogP contribution in [0.3, 0.4) is 0 Å². The normalized spacial score (nSPS) is 12.0. The number of aromatic nitrogens is 3. The van der Waals surface area contributed by atoms with E-state index in [2.05, 4.69) is 35.4 Å². The van der Waals surface area contributed by atoms with E-state index >= 15 is 0 Å². The van der Waals surface area contributed by atoms with Crippen molar-refractivity contribution in [3.8, 4) is 0 Å². The summed E-state index contributed by atoms with van der Waals surface area (Å²) in [6.45, 7) is 6.22. The predicted octanol–water partition coefficient (Wildman–Crippen LogP) is 3.02. The zero-order valence-electron chi connectivity index (χ0n) is 12.3. The molecule has 6 nitrogen and oxygen atoms in total. The Balaban J connectivity index is 1.91. The van der Waals surface area contributed by atoms with Crippen LogP contribution in [-0.4, -0.2) is 13.9 Å². The summed E-state index contributed by atoms with van der Waals surface area (Å²) in [4.78, 5) is 16.0. The lowest BCUT2D eigenvalue weighted by atomic mass is 9.96. The largest absolute Gasteiger partial charge is 0.419 e. The maximum absolute atomic E-state index is 11.5. The molecule has 2 aromatic heterocycles. The highest BCUT2D eigenvalue weighted by atomic mass is 32.1. The zero-order chi connectivity index (χ0) is 15.2. The number of nitrogens with zero attached hydrogens (tertiary/aromatic N) is 3. The lowest BCUT2D eigenvalue weighted by Gasteiger charge is -2.12. The number of hydrogen-bond acceptors (Lipinski definition) is 6. The first-order chi connectivity index (χ1) is 9.84. The Labute approximate surface area is 125 Å². The van der Waals surface area contributed by atoms with E-state index in [1.54, 1.807) is 13.1 Å². The van der Waals surface area contributed by atoms with Crippen molar-refractivity contribution in [3.63, 3.8) is 0 Å². The number of oxazole rings is 1. The third-order valence-electron chi connectivity index (χ3n) is 3.14. The summed E-state index contributed by atoms with van der Waals surface area (Å²) in [5, 5.41) is 3.91. The minimum atomic E-state index is -0.368. The van der Waals surface area contributed by atoms with E-state index in [1.165, 1.54) is 16.1 Å². The van der Waals surface area contributed by atoms with Crippen LogP contribution in [0.15, 0.2) is 27.4 Å². The summed E-state index contributed by atoms with van der Waals surface area (Å²) in [6, 6.07) is 5.51. The van der Waals surface area contributed by atoms with Gasteiger partial charge in [-0.25, -0.2) is 9.78 Å². The second-order valence-corrected chi connectivity index (χ2v) is 6.66. The molecule has 0 saturated heterocycles. The van der Waals surface area contributed by atoms with Crippen molar-refractivity contribution < 1.29 is 4.42 Å². The fourth-order valence-electron chi connectivity index (χ4n) is 1.91. The molecule has 0 amide bonds. The molecular formula is C14H16N4O2S. The molecule has 0 atom stereocenters. The van der Waals surface area contributed by atoms with Crippen LogP contribution in [0.25, 0.3) is 11.1 Å². The Morgan fingerprint density at radius 1 is 1.33 bits per heavy atom. The van der Waals surface area contributed by atoms with Crippen LogP contribution >= 0.6 is 11.5 Å². The van der Waals surface area contributed by atoms with Gasteiger partial charge in [-0.2, -0.15) is 4.37 Å². The second-order valence-electron chi connectivity index (χ2n) is 5.91. The van der Waals surface area contributed by atoms with Crippen LogP contribution in [0.1, 0.15) is 26.6 Å². The van der Waals surface area contributed by atoms with Gasteiger partial charge in [0.05, 0.1) is 5.52 Å². The van der Waals surface area contributed by atoms with Gasteiger partial charge in [0.1, 0.15) is 5.82 Å². The average molecular weight is 304 g/mol. The van der Waals surface area contributed by atoms with Crippen molar-refractivity contribution in [2.45, 2.75) is 26.2 Å². The van der Waals surface area contributed by atoms with Crippen molar-refractivity contribution in [3.05, 3.63) is 34.6 Å². The van der Waals surface area contributed by atoms with Crippen molar-refractivity contribution >= 4 is 33.5 Å². The summed E-state index contributed by atoms with van der Waals surface area (Å²) >= 11 is 1.32. The average Bonchev–Trinajstić information content (AvgIpc) is 2.96. The molecule has 0 aliphatic heterocycles. The Kier molecular flexibility index (Phi) is 3.09. The van der Waals surface area contributed by atoms with Crippen LogP contribution in [0.2, 0.25) is 0 Å². The van der Waals surface area contributed by atoms with E-state index < -0.39 is 0 Å². The van der Waals surface area contributed by atoms with E-state index in [1.807, 2.05) is 12.1 Å². The first-order valence-electron chi connectivity index (χ1n) is 6.55. The van der Waals surface area contributed by atoms with Gasteiger partial charge in [0.25, 0.3) is 0 Å². The molecule has 0 aliphatic carbocycles. The van der Waals surface area contributed by atoms with Crippen LogP contribution in [0.5, 0.6) is 0 Å². The van der Waals surface area contributed by atoms with Crippen LogP contribution < -0.4 is 11.1 Å². The molecule has 21 heavy (non-hydrogen) atoms. The number of nitrogens with one attached hydrogen (secondary N) is 1. The molecule has 3 rings (SSSR count). The standard InChI is InChI=1S/C14H16N4O2S/c1-14(2,3)11-16-12(21-17-11)15-8-5-6-9-10(7-8)20-13(19)18(9)4/h5-7H,1-4H3,(H,15,16,17). The van der Waals surface area contributed by atoms with Gasteiger partial charge in [-0.3, -0.25) is 4.57 Å². The lowest BCUT2D eigenvalue weighted by molar-refractivity contribution is 0.528. The third kappa shape index (κ3) is 2.56. The second kappa shape index (κ2) is 4.70. The van der Waals surface area contributed by atoms with Crippen molar-refractivity contribution in [2.24, 2.45) is 7.05 Å². The van der Waals surface area contributed by atoms with Gasteiger partial charge in [0.2, 0.25) is 5.13 Å². The summed E-state index contributed by atoms with van der Waals surface area (Å²) < 4.78 is 11.0. The van der Waals surface area contributed by atoms with Crippen LogP contribution in [-0.2, 0) is 12.5 Å². The number of hydrogen-bond donors (Lipinski definition) is 1. The Bertz CT molecular complexity index is 854. The summed E-state index contributed by atoms with van der Waals surface area (Å²) in [7, 11) is 1.68. The molecule has 0 saturated carbocycles. The Morgan fingerprint density at radius 3 is 2.76 bits per heavy atom.